The van der Waals surface area contributed by atoms with Gasteiger partial charge in [-0.15, -0.1) is 0 Å². The maximum atomic E-state index is 6.34. The second-order valence-corrected chi connectivity index (χ2v) is 8.01. The molecule has 1 aromatic carbocycles. The summed E-state index contributed by atoms with van der Waals surface area (Å²) in [7, 11) is 1.71. The van der Waals surface area contributed by atoms with Crippen molar-refractivity contribution in [3.05, 3.63) is 29.8 Å². The van der Waals surface area contributed by atoms with Crippen molar-refractivity contribution in [3.8, 4) is 5.75 Å². The molecule has 0 radical (unpaired) electrons. The Kier molecular flexibility index (Phi) is 7.48. The van der Waals surface area contributed by atoms with E-state index in [4.69, 9.17) is 9.47 Å². The van der Waals surface area contributed by atoms with Crippen LogP contribution in [0.5, 0.6) is 5.75 Å². The lowest BCUT2D eigenvalue weighted by atomic mass is 9.84. The van der Waals surface area contributed by atoms with Crippen LogP contribution in [0.3, 0.4) is 0 Å². The average Bonchev–Trinajstić information content (AvgIpc) is 2.53. The molecular weight excluding hydrogens is 387 g/mol. The molecule has 3 heteroatoms. The van der Waals surface area contributed by atoms with Crippen LogP contribution in [0, 0.1) is 5.92 Å². The topological polar surface area (TPSA) is 18.5 Å². The van der Waals surface area contributed by atoms with Crippen molar-refractivity contribution in [1.29, 1.82) is 0 Å². The molecule has 22 heavy (non-hydrogen) atoms. The van der Waals surface area contributed by atoms with Gasteiger partial charge in [0.25, 0.3) is 0 Å². The molecule has 2 rings (SSSR count). The number of ether oxygens (including phenoxy) is 2. The molecule has 0 aromatic heterocycles. The van der Waals surface area contributed by atoms with Crippen molar-refractivity contribution in [2.45, 2.75) is 68.5 Å². The molecule has 124 valence electrons. The first-order chi connectivity index (χ1) is 10.7. The summed E-state index contributed by atoms with van der Waals surface area (Å²) >= 11 is 2.65. The lowest BCUT2D eigenvalue weighted by Crippen LogP contribution is -2.35. The number of hydrogen-bond donors (Lipinski definition) is 0. The highest BCUT2D eigenvalue weighted by Crippen LogP contribution is 2.43. The minimum atomic E-state index is 0.234. The largest absolute Gasteiger partial charge is 0.497 e. The molecule has 0 saturated carbocycles. The Balaban J connectivity index is 2.07. The molecule has 1 heterocycles. The fourth-order valence-electron chi connectivity index (χ4n) is 3.35. The van der Waals surface area contributed by atoms with Gasteiger partial charge in [-0.1, -0.05) is 67.3 Å². The third-order valence-electron chi connectivity index (χ3n) is 4.62. The van der Waals surface area contributed by atoms with Gasteiger partial charge in [0, 0.05) is 9.84 Å². The van der Waals surface area contributed by atoms with Crippen molar-refractivity contribution >= 4 is 22.6 Å². The Labute approximate surface area is 149 Å². The molecule has 1 aromatic rings. The Bertz CT molecular complexity index is 432. The van der Waals surface area contributed by atoms with Crippen LogP contribution in [-0.2, 0) is 4.74 Å². The molecule has 1 aliphatic heterocycles. The van der Waals surface area contributed by atoms with Crippen LogP contribution in [0.4, 0.5) is 0 Å². The van der Waals surface area contributed by atoms with E-state index in [-0.39, 0.29) is 6.10 Å². The summed E-state index contributed by atoms with van der Waals surface area (Å²) < 4.78 is 12.3. The van der Waals surface area contributed by atoms with Crippen LogP contribution in [0.1, 0.15) is 64.0 Å². The first kappa shape index (κ1) is 18.1. The van der Waals surface area contributed by atoms with Gasteiger partial charge >= 0.3 is 0 Å². The van der Waals surface area contributed by atoms with Gasteiger partial charge in [0.2, 0.25) is 0 Å². The summed E-state index contributed by atoms with van der Waals surface area (Å²) in [4.78, 5) is 0. The third kappa shape index (κ3) is 4.85. The van der Waals surface area contributed by atoms with Gasteiger partial charge in [0.1, 0.15) is 5.75 Å². The second-order valence-electron chi connectivity index (χ2n) is 6.41. The quantitative estimate of drug-likeness (QED) is 0.311. The molecule has 2 nitrogen and oxygen atoms in total. The highest BCUT2D eigenvalue weighted by Gasteiger charge is 2.36. The fourth-order valence-corrected chi connectivity index (χ4v) is 4.80. The molecule has 0 spiro atoms. The maximum absolute atomic E-state index is 6.34. The molecule has 4 atom stereocenters. The number of halogens is 1. The van der Waals surface area contributed by atoms with Gasteiger partial charge in [0.05, 0.1) is 19.3 Å². The zero-order valence-electron chi connectivity index (χ0n) is 14.1. The van der Waals surface area contributed by atoms with E-state index in [0.717, 1.165) is 5.75 Å². The van der Waals surface area contributed by atoms with E-state index in [1.54, 1.807) is 7.11 Å². The highest BCUT2D eigenvalue weighted by molar-refractivity contribution is 14.1. The molecule has 1 fully saturated rings. The smallest absolute Gasteiger partial charge is 0.118 e. The first-order valence-corrected chi connectivity index (χ1v) is 9.83. The molecule has 0 N–H and O–H groups in total. The fraction of sp³-hybridized carbons (Fsp3) is 0.684. The first-order valence-electron chi connectivity index (χ1n) is 8.59. The van der Waals surface area contributed by atoms with Gasteiger partial charge in [-0.25, -0.2) is 0 Å². The highest BCUT2D eigenvalue weighted by atomic mass is 127. The van der Waals surface area contributed by atoms with Crippen LogP contribution in [0.25, 0.3) is 0 Å². The minimum Gasteiger partial charge on any atom is -0.497 e. The summed E-state index contributed by atoms with van der Waals surface area (Å²) in [5.74, 6) is 1.54. The van der Waals surface area contributed by atoms with Crippen LogP contribution in [0.15, 0.2) is 24.3 Å². The van der Waals surface area contributed by atoms with Crippen molar-refractivity contribution in [3.63, 3.8) is 0 Å². The predicted octanol–water partition coefficient (Wildman–Crippen LogP) is 5.94. The van der Waals surface area contributed by atoms with Gasteiger partial charge in [-0.2, -0.15) is 0 Å². The summed E-state index contributed by atoms with van der Waals surface area (Å²) in [6.45, 7) is 4.47. The van der Waals surface area contributed by atoms with E-state index in [0.29, 0.717) is 15.9 Å². The number of alkyl halides is 1. The molecule has 0 aliphatic carbocycles. The Morgan fingerprint density at radius 3 is 2.55 bits per heavy atom. The Hall–Kier alpha value is -0.290. The minimum absolute atomic E-state index is 0.234. The monoisotopic (exact) mass is 416 g/mol. The average molecular weight is 416 g/mol. The van der Waals surface area contributed by atoms with E-state index in [9.17, 15) is 0 Å². The van der Waals surface area contributed by atoms with Gasteiger partial charge in [-0.05, 0) is 37.5 Å². The summed E-state index contributed by atoms with van der Waals surface area (Å²) in [5.41, 5.74) is 1.30. The van der Waals surface area contributed by atoms with Crippen molar-refractivity contribution in [2.24, 2.45) is 5.92 Å². The van der Waals surface area contributed by atoms with Crippen LogP contribution in [0.2, 0.25) is 0 Å². The molecule has 0 bridgehead atoms. The lowest BCUT2D eigenvalue weighted by Gasteiger charge is -2.39. The van der Waals surface area contributed by atoms with Crippen molar-refractivity contribution < 1.29 is 9.47 Å². The van der Waals surface area contributed by atoms with E-state index in [2.05, 4.69) is 48.6 Å². The number of rotatable bonds is 7. The Morgan fingerprint density at radius 2 is 1.91 bits per heavy atom. The zero-order valence-corrected chi connectivity index (χ0v) is 16.2. The van der Waals surface area contributed by atoms with Crippen molar-refractivity contribution in [1.82, 2.24) is 0 Å². The van der Waals surface area contributed by atoms with Gasteiger partial charge in [0.15, 0.2) is 0 Å². The van der Waals surface area contributed by atoms with E-state index < -0.39 is 0 Å². The number of methoxy groups -OCH3 is 1. The number of hydrogen-bond acceptors (Lipinski definition) is 2. The van der Waals surface area contributed by atoms with Crippen LogP contribution in [-0.4, -0.2) is 17.1 Å². The Morgan fingerprint density at radius 1 is 1.18 bits per heavy atom. The summed E-state index contributed by atoms with van der Waals surface area (Å²) in [6.07, 6.45) is 8.35. The predicted molar refractivity (Wildman–Crippen MR) is 101 cm³/mol. The van der Waals surface area contributed by atoms with Gasteiger partial charge in [-0.3, -0.25) is 0 Å². The normalized spacial score (nSPS) is 28.5. The van der Waals surface area contributed by atoms with Crippen LogP contribution >= 0.6 is 22.6 Å². The lowest BCUT2D eigenvalue weighted by molar-refractivity contribution is -0.0739. The third-order valence-corrected chi connectivity index (χ3v) is 6.06. The second kappa shape index (κ2) is 9.11. The summed E-state index contributed by atoms with van der Waals surface area (Å²) in [5, 5.41) is 0. The van der Waals surface area contributed by atoms with Gasteiger partial charge < -0.3 is 9.47 Å². The van der Waals surface area contributed by atoms with Crippen LogP contribution < -0.4 is 4.74 Å². The standard InChI is InChI=1S/C19H29IO2/c1-4-5-6-7-8-17-18(20)13-14(2)22-19(17)15-9-11-16(21-3)12-10-15/h9-12,14,17-19H,4-8,13H2,1-3H3/t14-,17-,18+,19+/m1/s1. The summed E-state index contributed by atoms with van der Waals surface area (Å²) in [6, 6.07) is 8.44. The molecule has 0 amide bonds. The van der Waals surface area contributed by atoms with E-state index >= 15 is 0 Å². The zero-order chi connectivity index (χ0) is 15.9. The van der Waals surface area contributed by atoms with E-state index in [1.807, 2.05) is 12.1 Å². The molecular formula is C19H29IO2. The molecule has 1 saturated heterocycles. The number of unbranched alkanes of at least 4 members (excludes halogenated alkanes) is 3. The molecule has 1 aliphatic rings. The SMILES string of the molecule is CCCCCC[C@@H]1[C@@H](I)C[C@@H](C)O[C@H]1c1ccc(OC)cc1. The van der Waals surface area contributed by atoms with E-state index in [1.165, 1.54) is 44.1 Å². The van der Waals surface area contributed by atoms with Crippen molar-refractivity contribution in [2.75, 3.05) is 7.11 Å². The maximum Gasteiger partial charge on any atom is 0.118 e. The molecule has 0 unspecified atom stereocenters. The number of benzene rings is 1.